The number of aryl methyl sites for hydroxylation is 1. The first-order chi connectivity index (χ1) is 11.2. The molecule has 0 unspecified atom stereocenters. The van der Waals surface area contributed by atoms with Gasteiger partial charge in [-0.1, -0.05) is 54.6 Å². The molecule has 3 aromatic rings. The second kappa shape index (κ2) is 6.88. The Balaban J connectivity index is 1.81. The SMILES string of the molecule is Cc1cccc[n+]1CC(=O)Nc1ccccc1-c1ccccc1. The molecule has 1 heterocycles. The Labute approximate surface area is 136 Å². The number of carbonyl (C=O) groups excluding carboxylic acids is 1. The van der Waals surface area contributed by atoms with E-state index >= 15 is 0 Å². The molecule has 3 heteroatoms. The summed E-state index contributed by atoms with van der Waals surface area (Å²) in [6.07, 6.45) is 1.91. The highest BCUT2D eigenvalue weighted by Gasteiger charge is 2.13. The zero-order chi connectivity index (χ0) is 16.1. The number of rotatable bonds is 4. The Kier molecular flexibility index (Phi) is 4.48. The highest BCUT2D eigenvalue weighted by Crippen LogP contribution is 2.27. The molecule has 0 aliphatic rings. The van der Waals surface area contributed by atoms with Crippen LogP contribution in [0.2, 0.25) is 0 Å². The summed E-state index contributed by atoms with van der Waals surface area (Å²) < 4.78 is 1.93. The third kappa shape index (κ3) is 3.64. The van der Waals surface area contributed by atoms with Gasteiger partial charge in [-0.3, -0.25) is 4.79 Å². The molecule has 0 radical (unpaired) electrons. The number of pyridine rings is 1. The summed E-state index contributed by atoms with van der Waals surface area (Å²) in [6, 6.07) is 23.8. The number of hydrogen-bond acceptors (Lipinski definition) is 1. The van der Waals surface area contributed by atoms with E-state index in [1.165, 1.54) is 0 Å². The van der Waals surface area contributed by atoms with E-state index in [9.17, 15) is 4.79 Å². The highest BCUT2D eigenvalue weighted by atomic mass is 16.1. The van der Waals surface area contributed by atoms with Crippen LogP contribution >= 0.6 is 0 Å². The average molecular weight is 303 g/mol. The van der Waals surface area contributed by atoms with Crippen LogP contribution in [0.1, 0.15) is 5.69 Å². The quantitative estimate of drug-likeness (QED) is 0.734. The van der Waals surface area contributed by atoms with Gasteiger partial charge in [0.1, 0.15) is 0 Å². The molecule has 1 amide bonds. The van der Waals surface area contributed by atoms with Crippen molar-refractivity contribution in [1.82, 2.24) is 0 Å². The van der Waals surface area contributed by atoms with Gasteiger partial charge in [-0.15, -0.1) is 0 Å². The summed E-state index contributed by atoms with van der Waals surface area (Å²) in [5, 5.41) is 3.02. The average Bonchev–Trinajstić information content (AvgIpc) is 2.58. The van der Waals surface area contributed by atoms with Crippen molar-refractivity contribution in [3.63, 3.8) is 0 Å². The van der Waals surface area contributed by atoms with Gasteiger partial charge in [-0.05, 0) is 11.6 Å². The van der Waals surface area contributed by atoms with Crippen LogP contribution in [0.25, 0.3) is 11.1 Å². The lowest BCUT2D eigenvalue weighted by Gasteiger charge is -2.10. The molecule has 1 N–H and O–H groups in total. The minimum atomic E-state index is -0.0346. The summed E-state index contributed by atoms with van der Waals surface area (Å²) >= 11 is 0. The molecule has 3 nitrogen and oxygen atoms in total. The number of amides is 1. The maximum atomic E-state index is 12.4. The normalized spacial score (nSPS) is 10.3. The first-order valence-electron chi connectivity index (χ1n) is 7.63. The van der Waals surface area contributed by atoms with E-state index in [2.05, 4.69) is 5.32 Å². The minimum Gasteiger partial charge on any atom is -0.320 e. The van der Waals surface area contributed by atoms with Crippen molar-refractivity contribution in [3.05, 3.63) is 84.7 Å². The number of benzene rings is 2. The van der Waals surface area contributed by atoms with Crippen molar-refractivity contribution in [3.8, 4) is 11.1 Å². The zero-order valence-electron chi connectivity index (χ0n) is 13.1. The Hall–Kier alpha value is -2.94. The van der Waals surface area contributed by atoms with Crippen LogP contribution in [0.15, 0.2) is 79.0 Å². The third-order valence-corrected chi connectivity index (χ3v) is 3.77. The maximum Gasteiger partial charge on any atom is 0.290 e. The highest BCUT2D eigenvalue weighted by molar-refractivity contribution is 5.94. The number of carbonyl (C=O) groups is 1. The van der Waals surface area contributed by atoms with E-state index in [-0.39, 0.29) is 5.91 Å². The van der Waals surface area contributed by atoms with Crippen molar-refractivity contribution < 1.29 is 9.36 Å². The number of aromatic nitrogens is 1. The molecular formula is C20H19N2O+. The number of nitrogens with zero attached hydrogens (tertiary/aromatic N) is 1. The Morgan fingerprint density at radius 3 is 2.39 bits per heavy atom. The Bertz CT molecular complexity index is 813. The van der Waals surface area contributed by atoms with Crippen molar-refractivity contribution in [1.29, 1.82) is 0 Å². The van der Waals surface area contributed by atoms with Crippen molar-refractivity contribution >= 4 is 11.6 Å². The van der Waals surface area contributed by atoms with Crippen LogP contribution in [0.5, 0.6) is 0 Å². The summed E-state index contributed by atoms with van der Waals surface area (Å²) in [4.78, 5) is 12.4. The lowest BCUT2D eigenvalue weighted by molar-refractivity contribution is -0.690. The standard InChI is InChI=1S/C20H18N2O/c1-16-9-7-8-14-22(16)15-20(23)21-19-13-6-5-12-18(19)17-10-3-2-4-11-17/h2-14H,15H2,1H3/p+1. The Morgan fingerprint density at radius 2 is 1.61 bits per heavy atom. The van der Waals surface area contributed by atoms with Crippen LogP contribution in [-0.2, 0) is 11.3 Å². The molecule has 114 valence electrons. The predicted molar refractivity (Wildman–Crippen MR) is 91.9 cm³/mol. The smallest absolute Gasteiger partial charge is 0.290 e. The monoisotopic (exact) mass is 303 g/mol. The van der Waals surface area contributed by atoms with Gasteiger partial charge in [0.05, 0.1) is 0 Å². The molecule has 23 heavy (non-hydrogen) atoms. The molecule has 3 rings (SSSR count). The van der Waals surface area contributed by atoms with Gasteiger partial charge < -0.3 is 5.32 Å². The van der Waals surface area contributed by atoms with Crippen molar-refractivity contribution in [2.75, 3.05) is 5.32 Å². The molecule has 0 bridgehead atoms. The fourth-order valence-corrected chi connectivity index (χ4v) is 2.55. The molecule has 0 saturated heterocycles. The van der Waals surface area contributed by atoms with E-state index in [1.807, 2.05) is 90.5 Å². The number of anilines is 1. The molecular weight excluding hydrogens is 284 g/mol. The van der Waals surface area contributed by atoms with Crippen molar-refractivity contribution in [2.45, 2.75) is 13.5 Å². The van der Waals surface area contributed by atoms with Gasteiger partial charge in [0.15, 0.2) is 11.9 Å². The molecule has 0 atom stereocenters. The minimum absolute atomic E-state index is 0.0346. The molecule has 0 aliphatic carbocycles. The fraction of sp³-hybridized carbons (Fsp3) is 0.100. The van der Waals surface area contributed by atoms with Gasteiger partial charge in [0.25, 0.3) is 5.91 Å². The third-order valence-electron chi connectivity index (χ3n) is 3.77. The second-order valence-corrected chi connectivity index (χ2v) is 5.43. The molecule has 0 spiro atoms. The maximum absolute atomic E-state index is 12.4. The number of para-hydroxylation sites is 1. The molecule has 0 aliphatic heterocycles. The van der Waals surface area contributed by atoms with Gasteiger partial charge >= 0.3 is 0 Å². The van der Waals surface area contributed by atoms with E-state index in [1.54, 1.807) is 0 Å². The van der Waals surface area contributed by atoms with E-state index in [0.29, 0.717) is 6.54 Å². The summed E-state index contributed by atoms with van der Waals surface area (Å²) in [6.45, 7) is 2.29. The molecule has 0 fully saturated rings. The van der Waals surface area contributed by atoms with Crippen LogP contribution in [0.4, 0.5) is 5.69 Å². The van der Waals surface area contributed by atoms with Crippen LogP contribution in [-0.4, -0.2) is 5.91 Å². The van der Waals surface area contributed by atoms with Gasteiger partial charge in [-0.25, -0.2) is 0 Å². The molecule has 1 aromatic heterocycles. The second-order valence-electron chi connectivity index (χ2n) is 5.43. The lowest BCUT2D eigenvalue weighted by atomic mass is 10.0. The van der Waals surface area contributed by atoms with E-state index in [0.717, 1.165) is 22.5 Å². The van der Waals surface area contributed by atoms with Gasteiger partial charge in [0, 0.05) is 30.3 Å². The first kappa shape index (κ1) is 15.0. The van der Waals surface area contributed by atoms with Crippen molar-refractivity contribution in [2.24, 2.45) is 0 Å². The fourth-order valence-electron chi connectivity index (χ4n) is 2.55. The predicted octanol–water partition coefficient (Wildman–Crippen LogP) is 3.59. The summed E-state index contributed by atoms with van der Waals surface area (Å²) in [7, 11) is 0. The van der Waals surface area contributed by atoms with E-state index < -0.39 is 0 Å². The molecule has 0 saturated carbocycles. The summed E-state index contributed by atoms with van der Waals surface area (Å²) in [5.74, 6) is -0.0346. The van der Waals surface area contributed by atoms with E-state index in [4.69, 9.17) is 0 Å². The van der Waals surface area contributed by atoms with Crippen LogP contribution < -0.4 is 9.88 Å². The lowest BCUT2D eigenvalue weighted by Crippen LogP contribution is -2.42. The zero-order valence-corrected chi connectivity index (χ0v) is 13.1. The topological polar surface area (TPSA) is 33.0 Å². The number of hydrogen-bond donors (Lipinski definition) is 1. The van der Waals surface area contributed by atoms with Gasteiger partial charge in [0.2, 0.25) is 6.54 Å². The first-order valence-corrected chi connectivity index (χ1v) is 7.63. The Morgan fingerprint density at radius 1 is 0.913 bits per heavy atom. The summed E-state index contributed by atoms with van der Waals surface area (Å²) in [5.41, 5.74) is 4.00. The molecule has 2 aromatic carbocycles. The number of nitrogens with one attached hydrogen (secondary N) is 1. The van der Waals surface area contributed by atoms with Gasteiger partial charge in [-0.2, -0.15) is 4.57 Å². The van der Waals surface area contributed by atoms with Crippen LogP contribution in [0.3, 0.4) is 0 Å². The van der Waals surface area contributed by atoms with Crippen LogP contribution in [0, 0.1) is 6.92 Å². The largest absolute Gasteiger partial charge is 0.320 e.